The SMILES string of the molecule is CCOC(=O)N1CCC(NC(=O)C2CCSC2)CC1. The molecule has 2 aliphatic rings. The minimum Gasteiger partial charge on any atom is -0.450 e. The van der Waals surface area contributed by atoms with Gasteiger partial charge in [0.15, 0.2) is 0 Å². The number of nitrogens with zero attached hydrogens (tertiary/aromatic N) is 1. The first-order valence-corrected chi connectivity index (χ1v) is 8.16. The lowest BCUT2D eigenvalue weighted by Gasteiger charge is -2.32. The van der Waals surface area contributed by atoms with Crippen LogP contribution in [0.3, 0.4) is 0 Å². The summed E-state index contributed by atoms with van der Waals surface area (Å²) in [6.45, 7) is 3.56. The van der Waals surface area contributed by atoms with Gasteiger partial charge in [-0.15, -0.1) is 0 Å². The van der Waals surface area contributed by atoms with Crippen molar-refractivity contribution >= 4 is 23.8 Å². The summed E-state index contributed by atoms with van der Waals surface area (Å²) >= 11 is 1.85. The van der Waals surface area contributed by atoms with Gasteiger partial charge in [-0.1, -0.05) is 0 Å². The van der Waals surface area contributed by atoms with E-state index < -0.39 is 0 Å². The number of nitrogens with one attached hydrogen (secondary N) is 1. The van der Waals surface area contributed by atoms with Gasteiger partial charge in [0.05, 0.1) is 6.61 Å². The highest BCUT2D eigenvalue weighted by atomic mass is 32.2. The second-order valence-corrected chi connectivity index (χ2v) is 6.18. The van der Waals surface area contributed by atoms with Gasteiger partial charge in [-0.05, 0) is 31.9 Å². The van der Waals surface area contributed by atoms with Gasteiger partial charge >= 0.3 is 6.09 Å². The molecule has 0 aromatic heterocycles. The number of hydrogen-bond acceptors (Lipinski definition) is 4. The van der Waals surface area contributed by atoms with E-state index in [1.54, 1.807) is 4.90 Å². The monoisotopic (exact) mass is 286 g/mol. The van der Waals surface area contributed by atoms with Gasteiger partial charge in [0.2, 0.25) is 5.91 Å². The number of amides is 2. The highest BCUT2D eigenvalue weighted by Gasteiger charge is 2.28. The van der Waals surface area contributed by atoms with Crippen LogP contribution in [0.15, 0.2) is 0 Å². The molecule has 2 aliphatic heterocycles. The summed E-state index contributed by atoms with van der Waals surface area (Å²) in [5, 5.41) is 3.12. The fourth-order valence-corrected chi connectivity index (χ4v) is 3.70. The van der Waals surface area contributed by atoms with E-state index in [2.05, 4.69) is 5.32 Å². The first-order chi connectivity index (χ1) is 9.20. The molecule has 2 amide bonds. The first kappa shape index (κ1) is 14.5. The molecule has 2 rings (SSSR count). The molecule has 0 saturated carbocycles. The summed E-state index contributed by atoms with van der Waals surface area (Å²) in [6.07, 6.45) is 2.41. The Balaban J connectivity index is 1.71. The first-order valence-electron chi connectivity index (χ1n) is 7.00. The van der Waals surface area contributed by atoms with Crippen molar-refractivity contribution in [1.82, 2.24) is 10.2 Å². The average molecular weight is 286 g/mol. The Bertz CT molecular complexity index is 324. The van der Waals surface area contributed by atoms with E-state index in [9.17, 15) is 9.59 Å². The molecule has 1 unspecified atom stereocenters. The Labute approximate surface area is 118 Å². The quantitative estimate of drug-likeness (QED) is 0.853. The highest BCUT2D eigenvalue weighted by Crippen LogP contribution is 2.24. The van der Waals surface area contributed by atoms with E-state index >= 15 is 0 Å². The summed E-state index contributed by atoms with van der Waals surface area (Å²) in [6, 6.07) is 0.212. The third kappa shape index (κ3) is 4.03. The van der Waals surface area contributed by atoms with E-state index in [1.807, 2.05) is 18.7 Å². The van der Waals surface area contributed by atoms with Gasteiger partial charge in [-0.3, -0.25) is 4.79 Å². The van der Waals surface area contributed by atoms with Crippen molar-refractivity contribution in [1.29, 1.82) is 0 Å². The Morgan fingerprint density at radius 1 is 1.32 bits per heavy atom. The molecule has 0 bridgehead atoms. The van der Waals surface area contributed by atoms with Crippen LogP contribution in [0.25, 0.3) is 0 Å². The van der Waals surface area contributed by atoms with Gasteiger partial charge in [0, 0.05) is 30.8 Å². The van der Waals surface area contributed by atoms with E-state index in [1.165, 1.54) is 0 Å². The Morgan fingerprint density at radius 2 is 2.05 bits per heavy atom. The van der Waals surface area contributed by atoms with Crippen molar-refractivity contribution in [3.63, 3.8) is 0 Å². The van der Waals surface area contributed by atoms with Crippen LogP contribution in [0, 0.1) is 5.92 Å². The number of thioether (sulfide) groups is 1. The summed E-state index contributed by atoms with van der Waals surface area (Å²) in [5.41, 5.74) is 0. The molecule has 1 atom stereocenters. The molecule has 108 valence electrons. The molecule has 0 aliphatic carbocycles. The molecule has 0 radical (unpaired) electrons. The molecule has 1 N–H and O–H groups in total. The maximum absolute atomic E-state index is 12.0. The maximum Gasteiger partial charge on any atom is 0.409 e. The standard InChI is InChI=1S/C13H22N2O3S/c1-2-18-13(17)15-6-3-11(4-7-15)14-12(16)10-5-8-19-9-10/h10-11H,2-9H2,1H3,(H,14,16). The van der Waals surface area contributed by atoms with Gasteiger partial charge in [-0.2, -0.15) is 11.8 Å². The van der Waals surface area contributed by atoms with Crippen molar-refractivity contribution in [2.24, 2.45) is 5.92 Å². The van der Waals surface area contributed by atoms with E-state index in [4.69, 9.17) is 4.74 Å². The Hall–Kier alpha value is -0.910. The summed E-state index contributed by atoms with van der Waals surface area (Å²) in [5.74, 6) is 2.43. The lowest BCUT2D eigenvalue weighted by Crippen LogP contribution is -2.48. The zero-order valence-electron chi connectivity index (χ0n) is 11.4. The minimum absolute atomic E-state index is 0.188. The largest absolute Gasteiger partial charge is 0.450 e. The molecule has 6 heteroatoms. The molecule has 5 nitrogen and oxygen atoms in total. The number of piperidine rings is 1. The highest BCUT2D eigenvalue weighted by molar-refractivity contribution is 7.99. The molecule has 0 spiro atoms. The second-order valence-electron chi connectivity index (χ2n) is 5.03. The van der Waals surface area contributed by atoms with E-state index in [-0.39, 0.29) is 24.0 Å². The second kappa shape index (κ2) is 7.03. The van der Waals surface area contributed by atoms with Crippen molar-refractivity contribution in [3.05, 3.63) is 0 Å². The van der Waals surface area contributed by atoms with Gasteiger partial charge in [-0.25, -0.2) is 4.79 Å². The van der Waals surface area contributed by atoms with E-state index in [0.717, 1.165) is 30.8 Å². The maximum atomic E-state index is 12.0. The van der Waals surface area contributed by atoms with Crippen molar-refractivity contribution < 1.29 is 14.3 Å². The molecule has 2 saturated heterocycles. The lowest BCUT2D eigenvalue weighted by atomic mass is 10.0. The number of hydrogen-bond donors (Lipinski definition) is 1. The Morgan fingerprint density at radius 3 is 2.63 bits per heavy atom. The summed E-state index contributed by atoms with van der Waals surface area (Å²) < 4.78 is 4.98. The number of likely N-dealkylation sites (tertiary alicyclic amines) is 1. The van der Waals surface area contributed by atoms with Crippen LogP contribution in [0.1, 0.15) is 26.2 Å². The van der Waals surface area contributed by atoms with Crippen LogP contribution in [-0.4, -0.2) is 54.1 Å². The minimum atomic E-state index is -0.237. The molecular weight excluding hydrogens is 264 g/mol. The third-order valence-corrected chi connectivity index (χ3v) is 4.83. The third-order valence-electron chi connectivity index (χ3n) is 3.67. The molecule has 2 fully saturated rings. The van der Waals surface area contributed by atoms with Crippen molar-refractivity contribution in [2.45, 2.75) is 32.2 Å². The zero-order chi connectivity index (χ0) is 13.7. The van der Waals surface area contributed by atoms with Crippen LogP contribution in [-0.2, 0) is 9.53 Å². The van der Waals surface area contributed by atoms with Crippen molar-refractivity contribution in [2.75, 3.05) is 31.2 Å². The van der Waals surface area contributed by atoms with Crippen LogP contribution < -0.4 is 5.32 Å². The molecule has 0 aromatic carbocycles. The number of ether oxygens (including phenoxy) is 1. The molecule has 2 heterocycles. The number of rotatable bonds is 3. The summed E-state index contributed by atoms with van der Waals surface area (Å²) in [4.78, 5) is 25.3. The Kier molecular flexibility index (Phi) is 5.36. The predicted molar refractivity (Wildman–Crippen MR) is 75.2 cm³/mol. The van der Waals surface area contributed by atoms with Gasteiger partial charge < -0.3 is 15.0 Å². The zero-order valence-corrected chi connectivity index (χ0v) is 12.2. The fraction of sp³-hybridized carbons (Fsp3) is 0.846. The summed E-state index contributed by atoms with van der Waals surface area (Å²) in [7, 11) is 0. The normalized spacial score (nSPS) is 24.3. The van der Waals surface area contributed by atoms with Gasteiger partial charge in [0.25, 0.3) is 0 Å². The smallest absolute Gasteiger partial charge is 0.409 e. The molecule has 19 heavy (non-hydrogen) atoms. The van der Waals surface area contributed by atoms with Crippen LogP contribution in [0.4, 0.5) is 4.79 Å². The predicted octanol–water partition coefficient (Wildman–Crippen LogP) is 1.48. The van der Waals surface area contributed by atoms with E-state index in [0.29, 0.717) is 19.7 Å². The average Bonchev–Trinajstić information content (AvgIpc) is 2.94. The molecule has 0 aromatic rings. The topological polar surface area (TPSA) is 58.6 Å². The van der Waals surface area contributed by atoms with Crippen LogP contribution >= 0.6 is 11.8 Å². The van der Waals surface area contributed by atoms with Crippen LogP contribution in [0.2, 0.25) is 0 Å². The fourth-order valence-electron chi connectivity index (χ4n) is 2.48. The van der Waals surface area contributed by atoms with Crippen LogP contribution in [0.5, 0.6) is 0 Å². The number of carbonyl (C=O) groups excluding carboxylic acids is 2. The van der Waals surface area contributed by atoms with Crippen molar-refractivity contribution in [3.8, 4) is 0 Å². The lowest BCUT2D eigenvalue weighted by molar-refractivity contribution is -0.125. The molecular formula is C13H22N2O3S. The van der Waals surface area contributed by atoms with Gasteiger partial charge in [0.1, 0.15) is 0 Å². The number of carbonyl (C=O) groups is 2.